The fourth-order valence-electron chi connectivity index (χ4n) is 1.52. The van der Waals surface area contributed by atoms with E-state index in [0.717, 1.165) is 11.4 Å². The van der Waals surface area contributed by atoms with Crippen molar-refractivity contribution in [2.75, 3.05) is 38.7 Å². The molecule has 0 atom stereocenters. The fraction of sp³-hybridized carbons (Fsp3) is 0.545. The maximum Gasteiger partial charge on any atom is 0.125 e. The van der Waals surface area contributed by atoms with Gasteiger partial charge in [-0.15, -0.1) is 0 Å². The van der Waals surface area contributed by atoms with Crippen LogP contribution >= 0.6 is 0 Å². The average molecular weight is 225 g/mol. The minimum atomic E-state index is 0.101. The molecule has 0 amide bonds. The molecule has 0 radical (unpaired) electrons. The van der Waals surface area contributed by atoms with E-state index in [-0.39, 0.29) is 13.2 Å². The highest BCUT2D eigenvalue weighted by molar-refractivity contribution is 5.36. The second kappa shape index (κ2) is 7.16. The van der Waals surface area contributed by atoms with Crippen molar-refractivity contribution in [2.45, 2.75) is 6.54 Å². The zero-order chi connectivity index (χ0) is 11.8. The largest absolute Gasteiger partial charge is 0.395 e. The van der Waals surface area contributed by atoms with Crippen LogP contribution in [0.2, 0.25) is 0 Å². The van der Waals surface area contributed by atoms with E-state index in [1.54, 1.807) is 6.20 Å². The molecule has 0 saturated heterocycles. The molecule has 0 unspecified atom stereocenters. The molecule has 0 fully saturated rings. The molecular formula is C11H19N3O2. The Morgan fingerprint density at radius 3 is 2.56 bits per heavy atom. The van der Waals surface area contributed by atoms with Crippen molar-refractivity contribution < 1.29 is 10.2 Å². The van der Waals surface area contributed by atoms with Gasteiger partial charge in [0.15, 0.2) is 0 Å². The molecule has 0 saturated carbocycles. The van der Waals surface area contributed by atoms with Gasteiger partial charge in [0, 0.05) is 32.9 Å². The molecule has 0 bridgehead atoms. The van der Waals surface area contributed by atoms with Crippen molar-refractivity contribution >= 4 is 5.82 Å². The van der Waals surface area contributed by atoms with Crippen LogP contribution in [-0.4, -0.2) is 53.4 Å². The maximum absolute atomic E-state index is 8.89. The number of pyridine rings is 1. The molecule has 1 aromatic heterocycles. The molecule has 0 aliphatic heterocycles. The first-order chi connectivity index (χ1) is 7.80. The Bertz CT molecular complexity index is 301. The third kappa shape index (κ3) is 4.14. The third-order valence-electron chi connectivity index (χ3n) is 2.32. The molecule has 0 aliphatic rings. The highest BCUT2D eigenvalue weighted by Crippen LogP contribution is 2.08. The van der Waals surface area contributed by atoms with Crippen molar-refractivity contribution in [1.82, 2.24) is 9.88 Å². The standard InChI is InChI=1S/C11H19N3O2/c1-12-11-8-10(2-3-13-11)9-14(4-6-15)5-7-16/h2-3,8,15-16H,4-7,9H2,1H3,(H,12,13). The molecule has 0 aliphatic carbocycles. The van der Waals surface area contributed by atoms with E-state index in [4.69, 9.17) is 10.2 Å². The van der Waals surface area contributed by atoms with Crippen molar-refractivity contribution in [3.05, 3.63) is 23.9 Å². The Morgan fingerprint density at radius 2 is 2.00 bits per heavy atom. The van der Waals surface area contributed by atoms with E-state index < -0.39 is 0 Å². The van der Waals surface area contributed by atoms with Gasteiger partial charge >= 0.3 is 0 Å². The Kier molecular flexibility index (Phi) is 5.77. The van der Waals surface area contributed by atoms with Crippen molar-refractivity contribution in [3.63, 3.8) is 0 Å². The molecule has 1 aromatic rings. The van der Waals surface area contributed by atoms with Crippen molar-refractivity contribution in [3.8, 4) is 0 Å². The monoisotopic (exact) mass is 225 g/mol. The van der Waals surface area contributed by atoms with E-state index in [1.807, 2.05) is 24.1 Å². The quantitative estimate of drug-likeness (QED) is 0.605. The Labute approximate surface area is 95.7 Å². The third-order valence-corrected chi connectivity index (χ3v) is 2.32. The zero-order valence-corrected chi connectivity index (χ0v) is 9.56. The Balaban J connectivity index is 2.60. The number of hydrogen-bond acceptors (Lipinski definition) is 5. The number of hydrogen-bond donors (Lipinski definition) is 3. The van der Waals surface area contributed by atoms with E-state index in [1.165, 1.54) is 0 Å². The molecule has 3 N–H and O–H groups in total. The Morgan fingerprint density at radius 1 is 1.31 bits per heavy atom. The number of nitrogens with zero attached hydrogens (tertiary/aromatic N) is 2. The number of nitrogens with one attached hydrogen (secondary N) is 1. The van der Waals surface area contributed by atoms with Crippen LogP contribution in [0.1, 0.15) is 5.56 Å². The molecule has 16 heavy (non-hydrogen) atoms. The van der Waals surface area contributed by atoms with Crippen LogP contribution in [-0.2, 0) is 6.54 Å². The highest BCUT2D eigenvalue weighted by Gasteiger charge is 2.05. The van der Waals surface area contributed by atoms with Crippen LogP contribution in [0.4, 0.5) is 5.82 Å². The highest BCUT2D eigenvalue weighted by atomic mass is 16.3. The van der Waals surface area contributed by atoms with Gasteiger partial charge in [0.25, 0.3) is 0 Å². The van der Waals surface area contributed by atoms with Gasteiger partial charge in [-0.3, -0.25) is 4.90 Å². The predicted octanol–water partition coefficient (Wildman–Crippen LogP) is -0.0901. The van der Waals surface area contributed by atoms with Crippen molar-refractivity contribution in [1.29, 1.82) is 0 Å². The lowest BCUT2D eigenvalue weighted by Gasteiger charge is -2.20. The summed E-state index contributed by atoms with van der Waals surface area (Å²) in [7, 11) is 1.82. The summed E-state index contributed by atoms with van der Waals surface area (Å²) in [5.74, 6) is 0.824. The van der Waals surface area contributed by atoms with Gasteiger partial charge in [-0.1, -0.05) is 0 Å². The summed E-state index contributed by atoms with van der Waals surface area (Å²) >= 11 is 0. The minimum absolute atomic E-state index is 0.101. The normalized spacial score (nSPS) is 10.8. The SMILES string of the molecule is CNc1cc(CN(CCO)CCO)ccn1. The van der Waals surface area contributed by atoms with Gasteiger partial charge in [0.05, 0.1) is 13.2 Å². The van der Waals surface area contributed by atoms with E-state index in [0.29, 0.717) is 19.6 Å². The lowest BCUT2D eigenvalue weighted by Crippen LogP contribution is -2.29. The van der Waals surface area contributed by atoms with Gasteiger partial charge in [0.1, 0.15) is 5.82 Å². The lowest BCUT2D eigenvalue weighted by atomic mass is 10.2. The topological polar surface area (TPSA) is 68.6 Å². The lowest BCUT2D eigenvalue weighted by molar-refractivity contribution is 0.156. The summed E-state index contributed by atoms with van der Waals surface area (Å²) in [5, 5.41) is 20.8. The summed E-state index contributed by atoms with van der Waals surface area (Å²) in [5.41, 5.74) is 1.11. The zero-order valence-electron chi connectivity index (χ0n) is 9.56. The molecule has 0 aromatic carbocycles. The van der Waals surface area contributed by atoms with Crippen LogP contribution in [0.5, 0.6) is 0 Å². The number of anilines is 1. The molecule has 1 rings (SSSR count). The van der Waals surface area contributed by atoms with Crippen LogP contribution in [0.15, 0.2) is 18.3 Å². The molecule has 1 heterocycles. The maximum atomic E-state index is 8.89. The molecule has 90 valence electrons. The van der Waals surface area contributed by atoms with Gasteiger partial charge in [-0.05, 0) is 17.7 Å². The van der Waals surface area contributed by atoms with Crippen LogP contribution < -0.4 is 5.32 Å². The number of aliphatic hydroxyl groups excluding tert-OH is 2. The van der Waals surface area contributed by atoms with Gasteiger partial charge in [-0.2, -0.15) is 0 Å². The summed E-state index contributed by atoms with van der Waals surface area (Å²) in [6.45, 7) is 2.04. The number of aromatic nitrogens is 1. The van der Waals surface area contributed by atoms with Crippen LogP contribution in [0.25, 0.3) is 0 Å². The first-order valence-electron chi connectivity index (χ1n) is 5.37. The summed E-state index contributed by atoms with van der Waals surface area (Å²) in [4.78, 5) is 6.12. The minimum Gasteiger partial charge on any atom is -0.395 e. The summed E-state index contributed by atoms with van der Waals surface area (Å²) in [6.07, 6.45) is 1.75. The van der Waals surface area contributed by atoms with Gasteiger partial charge in [-0.25, -0.2) is 4.98 Å². The number of rotatable bonds is 7. The van der Waals surface area contributed by atoms with E-state index in [9.17, 15) is 0 Å². The first kappa shape index (κ1) is 12.9. The van der Waals surface area contributed by atoms with E-state index >= 15 is 0 Å². The van der Waals surface area contributed by atoms with Crippen molar-refractivity contribution in [2.24, 2.45) is 0 Å². The predicted molar refractivity (Wildman–Crippen MR) is 63.2 cm³/mol. The Hall–Kier alpha value is -1.17. The smallest absolute Gasteiger partial charge is 0.125 e. The molecule has 5 heteroatoms. The van der Waals surface area contributed by atoms with Crippen LogP contribution in [0.3, 0.4) is 0 Å². The summed E-state index contributed by atoms with van der Waals surface area (Å²) < 4.78 is 0. The fourth-order valence-corrected chi connectivity index (χ4v) is 1.52. The van der Waals surface area contributed by atoms with Crippen LogP contribution in [0, 0.1) is 0 Å². The summed E-state index contributed by atoms with van der Waals surface area (Å²) in [6, 6.07) is 3.89. The van der Waals surface area contributed by atoms with E-state index in [2.05, 4.69) is 10.3 Å². The molecule has 5 nitrogen and oxygen atoms in total. The first-order valence-corrected chi connectivity index (χ1v) is 5.37. The number of aliphatic hydroxyl groups is 2. The second-order valence-electron chi connectivity index (χ2n) is 3.52. The van der Waals surface area contributed by atoms with Gasteiger partial charge in [0.2, 0.25) is 0 Å². The second-order valence-corrected chi connectivity index (χ2v) is 3.52. The molecule has 0 spiro atoms. The van der Waals surface area contributed by atoms with Gasteiger partial charge < -0.3 is 15.5 Å². The average Bonchev–Trinajstić information content (AvgIpc) is 2.30. The molecular weight excluding hydrogens is 206 g/mol.